The number of β-lactam (4-membered cyclic amide) rings is 1. The number of hydrogen-bond donors (Lipinski definition) is 3. The van der Waals surface area contributed by atoms with Gasteiger partial charge in [-0.25, -0.2) is 9.78 Å². The zero-order valence-corrected chi connectivity index (χ0v) is 22.2. The molecule has 2 aliphatic heterocycles. The maximum Gasteiger partial charge on any atom is 0.327 e. The van der Waals surface area contributed by atoms with E-state index in [9.17, 15) is 19.5 Å². The molecule has 12 heteroatoms. The highest BCUT2D eigenvalue weighted by molar-refractivity contribution is 8.01. The van der Waals surface area contributed by atoms with Crippen molar-refractivity contribution in [3.8, 4) is 0 Å². The van der Waals surface area contributed by atoms with E-state index in [1.165, 1.54) is 28.0 Å². The molecule has 2 saturated heterocycles. The number of fused-ring (bicyclic) bond motifs is 1. The van der Waals surface area contributed by atoms with Gasteiger partial charge in [-0.1, -0.05) is 25.9 Å². The smallest absolute Gasteiger partial charge is 0.327 e. The number of nitrogens with two attached hydrogens (primary N) is 1. The molecule has 0 aromatic carbocycles. The first-order chi connectivity index (χ1) is 16.3. The van der Waals surface area contributed by atoms with Crippen molar-refractivity contribution >= 4 is 51.7 Å². The van der Waals surface area contributed by atoms with Gasteiger partial charge in [-0.3, -0.25) is 9.59 Å². The number of nitrogens with one attached hydrogen (secondary N) is 1. The Balaban J connectivity index is 1.46. The molecule has 2 amide bonds. The van der Waals surface area contributed by atoms with Gasteiger partial charge in [0.1, 0.15) is 29.3 Å². The number of carbonyl (C=O) groups is 3. The Hall–Kier alpha value is -2.34. The molecule has 4 N–H and O–H groups in total. The zero-order chi connectivity index (χ0) is 25.7. The number of carboxylic acids is 1. The zero-order valence-electron chi connectivity index (χ0n) is 20.6. The second-order valence-electron chi connectivity index (χ2n) is 11.0. The predicted octanol–water partition coefficient (Wildman–Crippen LogP) is 2.68. The number of nitrogens with zero attached hydrogens (tertiary/aromatic N) is 3. The van der Waals surface area contributed by atoms with Crippen LogP contribution in [0.3, 0.4) is 0 Å². The molecule has 3 fully saturated rings. The van der Waals surface area contributed by atoms with E-state index >= 15 is 0 Å². The van der Waals surface area contributed by atoms with Gasteiger partial charge < -0.3 is 25.9 Å². The highest BCUT2D eigenvalue weighted by Crippen LogP contribution is 2.50. The SMILES string of the molecule is CC(C)(C)C1CCC(O/N=C(\C(=O)N[C@H]2C(=O)N3[C@@H]2SC(C)(C)[C@@H]3C(=O)O)c2csc(N)n2)CC1. The molecular formula is C23H33N5O5S2. The second-order valence-corrected chi connectivity index (χ2v) is 13.7. The highest BCUT2D eigenvalue weighted by Gasteiger charge is 2.64. The van der Waals surface area contributed by atoms with Gasteiger partial charge in [0.05, 0.1) is 0 Å². The monoisotopic (exact) mass is 523 g/mol. The van der Waals surface area contributed by atoms with Gasteiger partial charge in [-0.2, -0.15) is 0 Å². The summed E-state index contributed by atoms with van der Waals surface area (Å²) in [6.45, 7) is 10.3. The number of nitrogen functional groups attached to an aromatic ring is 1. The lowest BCUT2D eigenvalue weighted by atomic mass is 9.72. The molecule has 192 valence electrons. The van der Waals surface area contributed by atoms with Gasteiger partial charge in [-0.15, -0.1) is 23.1 Å². The van der Waals surface area contributed by atoms with Crippen LogP contribution in [0.5, 0.6) is 0 Å². The molecule has 0 spiro atoms. The Labute approximate surface area is 213 Å². The van der Waals surface area contributed by atoms with Crippen LogP contribution in [0.2, 0.25) is 0 Å². The van der Waals surface area contributed by atoms with Crippen LogP contribution < -0.4 is 11.1 Å². The summed E-state index contributed by atoms with van der Waals surface area (Å²) >= 11 is 2.54. The maximum atomic E-state index is 13.2. The van der Waals surface area contributed by atoms with Gasteiger partial charge in [0.15, 0.2) is 10.8 Å². The fourth-order valence-electron chi connectivity index (χ4n) is 5.12. The summed E-state index contributed by atoms with van der Waals surface area (Å²) < 4.78 is -0.680. The van der Waals surface area contributed by atoms with Crippen molar-refractivity contribution < 1.29 is 24.3 Å². The van der Waals surface area contributed by atoms with Crippen LogP contribution in [0.1, 0.15) is 66.0 Å². The van der Waals surface area contributed by atoms with E-state index in [-0.39, 0.29) is 28.1 Å². The minimum atomic E-state index is -1.06. The third kappa shape index (κ3) is 5.00. The number of hydrogen-bond acceptors (Lipinski definition) is 9. The normalized spacial score (nSPS) is 30.4. The van der Waals surface area contributed by atoms with Crippen LogP contribution in [-0.4, -0.2) is 66.8 Å². The van der Waals surface area contributed by atoms with Crippen LogP contribution in [0.15, 0.2) is 10.5 Å². The van der Waals surface area contributed by atoms with Gasteiger partial charge in [-0.05, 0) is 50.9 Å². The average Bonchev–Trinajstić information content (AvgIpc) is 3.30. The number of anilines is 1. The van der Waals surface area contributed by atoms with E-state index < -0.39 is 40.0 Å². The number of oxime groups is 1. The molecule has 0 radical (unpaired) electrons. The number of thioether (sulfide) groups is 1. The van der Waals surface area contributed by atoms with Crippen molar-refractivity contribution in [2.45, 2.75) is 88.6 Å². The highest BCUT2D eigenvalue weighted by atomic mass is 32.2. The fourth-order valence-corrected chi connectivity index (χ4v) is 7.29. The fraction of sp³-hybridized carbons (Fsp3) is 0.696. The van der Waals surface area contributed by atoms with Crippen molar-refractivity contribution in [1.82, 2.24) is 15.2 Å². The first kappa shape index (κ1) is 25.7. The molecule has 0 bridgehead atoms. The topological polar surface area (TPSA) is 147 Å². The molecule has 3 aliphatic rings. The van der Waals surface area contributed by atoms with Crippen molar-refractivity contribution in [3.63, 3.8) is 0 Å². The molecule has 0 unspecified atom stereocenters. The van der Waals surface area contributed by atoms with Crippen molar-refractivity contribution in [2.75, 3.05) is 5.73 Å². The molecule has 3 heterocycles. The predicted molar refractivity (Wildman–Crippen MR) is 135 cm³/mol. The molecule has 35 heavy (non-hydrogen) atoms. The van der Waals surface area contributed by atoms with E-state index in [1.807, 2.05) is 0 Å². The van der Waals surface area contributed by atoms with E-state index in [0.717, 1.165) is 25.7 Å². The molecule has 1 saturated carbocycles. The van der Waals surface area contributed by atoms with Crippen LogP contribution in [0, 0.1) is 11.3 Å². The number of carboxylic acid groups (broad SMARTS) is 1. The summed E-state index contributed by atoms with van der Waals surface area (Å²) in [5, 5.41) is 18.0. The minimum absolute atomic E-state index is 0.0424. The molecular weight excluding hydrogens is 490 g/mol. The van der Waals surface area contributed by atoms with E-state index in [2.05, 4.69) is 36.2 Å². The third-order valence-electron chi connectivity index (χ3n) is 7.13. The summed E-state index contributed by atoms with van der Waals surface area (Å²) in [6, 6.07) is -1.80. The number of aliphatic carboxylic acids is 1. The molecule has 1 aromatic heterocycles. The summed E-state index contributed by atoms with van der Waals surface area (Å²) in [4.78, 5) is 49.1. The molecule has 10 nitrogen and oxygen atoms in total. The second kappa shape index (κ2) is 9.27. The lowest BCUT2D eigenvalue weighted by Gasteiger charge is -2.43. The summed E-state index contributed by atoms with van der Waals surface area (Å²) in [5.41, 5.74) is 6.25. The standard InChI is InChI=1S/C23H33N5O5S2/c1-22(2,3)11-6-8-12(9-7-11)33-27-14(13-10-34-21(24)25-13)17(29)26-15-18(30)28-16(20(31)32)23(4,5)35-19(15)28/h10-12,15-16,19H,6-9H2,1-5H3,(H2,24,25)(H,26,29)(H,31,32)/b27-14-/t11?,12?,15-,16-,19+/m0/s1. The van der Waals surface area contributed by atoms with Gasteiger partial charge in [0.25, 0.3) is 5.91 Å². The largest absolute Gasteiger partial charge is 0.480 e. The Morgan fingerprint density at radius 3 is 2.49 bits per heavy atom. The number of thiazole rings is 1. The van der Waals surface area contributed by atoms with Crippen molar-refractivity contribution in [3.05, 3.63) is 11.1 Å². The van der Waals surface area contributed by atoms with Crippen LogP contribution in [0.4, 0.5) is 5.13 Å². The summed E-state index contributed by atoms with van der Waals surface area (Å²) in [5.74, 6) is -1.47. The minimum Gasteiger partial charge on any atom is -0.480 e. The molecule has 3 atom stereocenters. The van der Waals surface area contributed by atoms with E-state index in [4.69, 9.17) is 10.6 Å². The maximum absolute atomic E-state index is 13.2. The van der Waals surface area contributed by atoms with Crippen LogP contribution in [0.25, 0.3) is 0 Å². The number of rotatable bonds is 6. The molecule has 1 aliphatic carbocycles. The number of amides is 2. The quantitative estimate of drug-likeness (QED) is 0.293. The summed E-state index contributed by atoms with van der Waals surface area (Å²) in [7, 11) is 0. The Kier molecular flexibility index (Phi) is 6.82. The number of aromatic nitrogens is 1. The van der Waals surface area contributed by atoms with E-state index in [0.29, 0.717) is 5.92 Å². The van der Waals surface area contributed by atoms with Gasteiger partial charge >= 0.3 is 5.97 Å². The van der Waals surface area contributed by atoms with E-state index in [1.54, 1.807) is 19.2 Å². The van der Waals surface area contributed by atoms with Crippen molar-refractivity contribution in [2.24, 2.45) is 16.5 Å². The molecule has 1 aromatic rings. The van der Waals surface area contributed by atoms with Crippen LogP contribution >= 0.6 is 23.1 Å². The summed E-state index contributed by atoms with van der Waals surface area (Å²) in [6.07, 6.45) is 3.65. The van der Waals surface area contributed by atoms with Gasteiger partial charge in [0, 0.05) is 10.1 Å². The first-order valence-electron chi connectivity index (χ1n) is 11.8. The first-order valence-corrected chi connectivity index (χ1v) is 13.5. The Morgan fingerprint density at radius 1 is 1.29 bits per heavy atom. The van der Waals surface area contributed by atoms with Crippen LogP contribution in [-0.2, 0) is 19.2 Å². The third-order valence-corrected chi connectivity index (χ3v) is 9.38. The lowest BCUT2D eigenvalue weighted by molar-refractivity contribution is -0.160. The van der Waals surface area contributed by atoms with Crippen molar-refractivity contribution in [1.29, 1.82) is 0 Å². The Bertz CT molecular complexity index is 1040. The molecule has 4 rings (SSSR count). The Morgan fingerprint density at radius 2 is 1.94 bits per heavy atom. The average molecular weight is 524 g/mol. The lowest BCUT2D eigenvalue weighted by Crippen LogP contribution is -2.71. The number of carbonyl (C=O) groups excluding carboxylic acids is 2. The van der Waals surface area contributed by atoms with Gasteiger partial charge in [0.2, 0.25) is 5.91 Å².